The lowest BCUT2D eigenvalue weighted by Gasteiger charge is -2.29. The van der Waals surface area contributed by atoms with Crippen molar-refractivity contribution < 1.29 is 9.47 Å². The predicted molar refractivity (Wildman–Crippen MR) is 220 cm³/mol. The van der Waals surface area contributed by atoms with Gasteiger partial charge in [-0.05, 0) is 90.5 Å². The molecule has 286 valence electrons. The van der Waals surface area contributed by atoms with Gasteiger partial charge in [-0.2, -0.15) is 0 Å². The van der Waals surface area contributed by atoms with E-state index in [1.807, 2.05) is 6.20 Å². The highest BCUT2D eigenvalue weighted by molar-refractivity contribution is 5.63. The van der Waals surface area contributed by atoms with E-state index >= 15 is 0 Å². The summed E-state index contributed by atoms with van der Waals surface area (Å²) in [5.41, 5.74) is 0. The standard InChI is InChI=1S/C46H80N2O2/c1-4-6-8-10-12-14-16-18-20-21-23-25-27-29-31-33-38-46(37-32-30-28-26-24-22-19-17-15-13-11-9-7-5-2)49-43-45(50-46)36-40-48(3)42-44-35-34-39-47-41-44/h11-14,17-20,34,39,41,44-45H,4-10,15-16,21-33,35-38,40,42-43H2,1-3H3/b13-11+,14-12-,19-17+,20-18-. The van der Waals surface area contributed by atoms with Gasteiger partial charge in [0.2, 0.25) is 0 Å². The third-order valence-corrected chi connectivity index (χ3v) is 10.2. The molecule has 0 aliphatic carbocycles. The van der Waals surface area contributed by atoms with Crippen molar-refractivity contribution in [1.82, 2.24) is 4.90 Å². The highest BCUT2D eigenvalue weighted by atomic mass is 16.7. The molecule has 2 rings (SSSR count). The van der Waals surface area contributed by atoms with Crippen LogP contribution in [0.4, 0.5) is 0 Å². The van der Waals surface area contributed by atoms with Crippen molar-refractivity contribution in [3.63, 3.8) is 0 Å². The Balaban J connectivity index is 1.63. The van der Waals surface area contributed by atoms with Crippen molar-refractivity contribution in [3.8, 4) is 0 Å². The molecule has 0 radical (unpaired) electrons. The molecule has 50 heavy (non-hydrogen) atoms. The lowest BCUT2D eigenvalue weighted by Crippen LogP contribution is -2.33. The van der Waals surface area contributed by atoms with Crippen LogP contribution >= 0.6 is 0 Å². The molecule has 0 saturated carbocycles. The fourth-order valence-corrected chi connectivity index (χ4v) is 7.05. The molecule has 0 aromatic rings. The zero-order chi connectivity index (χ0) is 35.6. The van der Waals surface area contributed by atoms with Gasteiger partial charge in [0.25, 0.3) is 0 Å². The summed E-state index contributed by atoms with van der Waals surface area (Å²) in [5, 5.41) is 0. The van der Waals surface area contributed by atoms with E-state index < -0.39 is 0 Å². The minimum Gasteiger partial charge on any atom is -0.347 e. The molecule has 0 N–H and O–H groups in total. The van der Waals surface area contributed by atoms with Gasteiger partial charge in [0.15, 0.2) is 5.79 Å². The Morgan fingerprint density at radius 2 is 1.18 bits per heavy atom. The smallest absolute Gasteiger partial charge is 0.168 e. The molecule has 2 aliphatic heterocycles. The van der Waals surface area contributed by atoms with E-state index in [-0.39, 0.29) is 11.9 Å². The molecule has 0 amide bonds. The Morgan fingerprint density at radius 1 is 0.660 bits per heavy atom. The molecular weight excluding hydrogens is 613 g/mol. The van der Waals surface area contributed by atoms with Gasteiger partial charge in [0.1, 0.15) is 0 Å². The molecule has 0 aromatic carbocycles. The fraction of sp³-hybridized carbons (Fsp3) is 0.761. The van der Waals surface area contributed by atoms with Crippen LogP contribution in [-0.2, 0) is 9.47 Å². The number of ether oxygens (including phenoxy) is 2. The van der Waals surface area contributed by atoms with Crippen LogP contribution < -0.4 is 0 Å². The van der Waals surface area contributed by atoms with Gasteiger partial charge in [0, 0.05) is 44.3 Å². The maximum absolute atomic E-state index is 6.81. The average Bonchev–Trinajstić information content (AvgIpc) is 3.54. The Hall–Kier alpha value is -1.75. The fourth-order valence-electron chi connectivity index (χ4n) is 7.05. The Labute approximate surface area is 311 Å². The maximum atomic E-state index is 6.81. The topological polar surface area (TPSA) is 34.1 Å². The number of aliphatic imine (C=N–C) groups is 1. The quantitative estimate of drug-likeness (QED) is 0.0507. The summed E-state index contributed by atoms with van der Waals surface area (Å²) in [4.78, 5) is 6.79. The molecule has 2 aliphatic rings. The second-order valence-electron chi connectivity index (χ2n) is 15.2. The summed E-state index contributed by atoms with van der Waals surface area (Å²) >= 11 is 0. The molecule has 3 unspecified atom stereocenters. The molecule has 1 fully saturated rings. The maximum Gasteiger partial charge on any atom is 0.168 e. The van der Waals surface area contributed by atoms with Crippen LogP contribution in [0.3, 0.4) is 0 Å². The first kappa shape index (κ1) is 44.4. The van der Waals surface area contributed by atoms with Crippen molar-refractivity contribution in [2.75, 3.05) is 26.7 Å². The number of rotatable bonds is 33. The highest BCUT2D eigenvalue weighted by Crippen LogP contribution is 2.35. The van der Waals surface area contributed by atoms with Gasteiger partial charge < -0.3 is 14.4 Å². The van der Waals surface area contributed by atoms with Gasteiger partial charge in [0.05, 0.1) is 12.7 Å². The number of unbranched alkanes of at least 4 members (excludes halogenated alkanes) is 16. The average molecular weight is 693 g/mol. The normalized spacial score (nSPS) is 21.1. The molecular formula is C46H80N2O2. The van der Waals surface area contributed by atoms with Crippen LogP contribution in [0.5, 0.6) is 0 Å². The second kappa shape index (κ2) is 31.9. The van der Waals surface area contributed by atoms with E-state index in [2.05, 4.69) is 91.7 Å². The third-order valence-electron chi connectivity index (χ3n) is 10.2. The first-order chi connectivity index (χ1) is 24.7. The van der Waals surface area contributed by atoms with E-state index in [1.54, 1.807) is 0 Å². The number of nitrogens with zero attached hydrogens (tertiary/aromatic N) is 2. The van der Waals surface area contributed by atoms with Crippen LogP contribution in [0.15, 0.2) is 65.9 Å². The van der Waals surface area contributed by atoms with Gasteiger partial charge in [-0.15, -0.1) is 0 Å². The van der Waals surface area contributed by atoms with Crippen LogP contribution in [0, 0.1) is 5.92 Å². The third kappa shape index (κ3) is 24.4. The Bertz CT molecular complexity index is 950. The van der Waals surface area contributed by atoms with Crippen LogP contribution in [0.2, 0.25) is 0 Å². The van der Waals surface area contributed by atoms with Crippen molar-refractivity contribution in [1.29, 1.82) is 0 Å². The summed E-state index contributed by atoms with van der Waals surface area (Å²) in [6.45, 7) is 7.39. The highest BCUT2D eigenvalue weighted by Gasteiger charge is 2.40. The minimum atomic E-state index is -0.354. The van der Waals surface area contributed by atoms with E-state index in [0.29, 0.717) is 5.92 Å². The van der Waals surface area contributed by atoms with Gasteiger partial charge in [-0.3, -0.25) is 4.99 Å². The second-order valence-corrected chi connectivity index (χ2v) is 15.2. The first-order valence-corrected chi connectivity index (χ1v) is 21.5. The summed E-state index contributed by atoms with van der Waals surface area (Å²) in [6, 6.07) is 0. The Morgan fingerprint density at radius 3 is 1.72 bits per heavy atom. The number of allylic oxidation sites excluding steroid dienone is 9. The van der Waals surface area contributed by atoms with Gasteiger partial charge in [-0.25, -0.2) is 0 Å². The summed E-state index contributed by atoms with van der Waals surface area (Å²) in [7, 11) is 2.24. The molecule has 4 heteroatoms. The summed E-state index contributed by atoms with van der Waals surface area (Å²) in [5.74, 6) is 0.175. The molecule has 0 bridgehead atoms. The van der Waals surface area contributed by atoms with Crippen molar-refractivity contribution in [2.45, 2.75) is 193 Å². The predicted octanol–water partition coefficient (Wildman–Crippen LogP) is 13.7. The first-order valence-electron chi connectivity index (χ1n) is 21.5. The Kier molecular flexibility index (Phi) is 28.4. The summed E-state index contributed by atoms with van der Waals surface area (Å²) in [6.07, 6.45) is 57.4. The zero-order valence-corrected chi connectivity index (χ0v) is 33.2. The number of hydrogen-bond acceptors (Lipinski definition) is 4. The van der Waals surface area contributed by atoms with Crippen LogP contribution in [0.25, 0.3) is 0 Å². The van der Waals surface area contributed by atoms with E-state index in [1.165, 1.54) is 128 Å². The molecule has 4 nitrogen and oxygen atoms in total. The van der Waals surface area contributed by atoms with Gasteiger partial charge >= 0.3 is 0 Å². The molecule has 0 aromatic heterocycles. The van der Waals surface area contributed by atoms with Crippen LogP contribution in [0.1, 0.15) is 181 Å². The molecule has 3 atom stereocenters. The number of hydrogen-bond donors (Lipinski definition) is 0. The van der Waals surface area contributed by atoms with E-state index in [0.717, 1.165) is 58.2 Å². The van der Waals surface area contributed by atoms with Gasteiger partial charge in [-0.1, -0.05) is 139 Å². The molecule has 0 spiro atoms. The van der Waals surface area contributed by atoms with E-state index in [4.69, 9.17) is 9.47 Å². The monoisotopic (exact) mass is 693 g/mol. The van der Waals surface area contributed by atoms with Crippen molar-refractivity contribution in [2.24, 2.45) is 10.9 Å². The van der Waals surface area contributed by atoms with Crippen LogP contribution in [-0.4, -0.2) is 49.7 Å². The summed E-state index contributed by atoms with van der Waals surface area (Å²) < 4.78 is 13.4. The minimum absolute atomic E-state index is 0.218. The molecule has 1 saturated heterocycles. The van der Waals surface area contributed by atoms with E-state index in [9.17, 15) is 0 Å². The lowest BCUT2D eigenvalue weighted by atomic mass is 9.98. The molecule has 2 heterocycles. The SMILES string of the molecule is CCCC/C=C/C/C=C/CCCCCCCC1(CCCCCCCC/C=C\C/C=C\CCCCC)OCC(CCN(C)CC2C=NC=CC2)O1. The zero-order valence-electron chi connectivity index (χ0n) is 33.2. The largest absolute Gasteiger partial charge is 0.347 e. The lowest BCUT2D eigenvalue weighted by molar-refractivity contribution is -0.180. The van der Waals surface area contributed by atoms with Crippen molar-refractivity contribution in [3.05, 3.63) is 60.9 Å². The van der Waals surface area contributed by atoms with Crippen molar-refractivity contribution >= 4 is 6.21 Å².